The quantitative estimate of drug-likeness (QED) is 0.914. The van der Waals surface area contributed by atoms with Gasteiger partial charge in [-0.2, -0.15) is 0 Å². The summed E-state index contributed by atoms with van der Waals surface area (Å²) < 4.78 is 5.45. The molecule has 0 atom stereocenters. The molecule has 0 bridgehead atoms. The lowest BCUT2D eigenvalue weighted by atomic mass is 10.0. The van der Waals surface area contributed by atoms with Gasteiger partial charge >= 0.3 is 0 Å². The molecule has 1 aliphatic heterocycles. The predicted octanol–water partition coefficient (Wildman–Crippen LogP) is 1.43. The Balaban J connectivity index is 2.27. The van der Waals surface area contributed by atoms with E-state index in [0.29, 0.717) is 30.5 Å². The molecule has 1 amide bonds. The number of anilines is 2. The van der Waals surface area contributed by atoms with Gasteiger partial charge in [-0.25, -0.2) is 4.98 Å². The summed E-state index contributed by atoms with van der Waals surface area (Å²) >= 11 is 1.35. The molecule has 0 unspecified atom stereocenters. The molecule has 0 aliphatic carbocycles. The van der Waals surface area contributed by atoms with Crippen LogP contribution in [0, 0.1) is 0 Å². The zero-order valence-electron chi connectivity index (χ0n) is 12.5. The van der Waals surface area contributed by atoms with Crippen molar-refractivity contribution >= 4 is 28.2 Å². The van der Waals surface area contributed by atoms with Crippen molar-refractivity contribution in [2.45, 2.75) is 26.3 Å². The van der Waals surface area contributed by atoms with Crippen LogP contribution in [0.15, 0.2) is 0 Å². The molecule has 7 heteroatoms. The molecule has 6 nitrogen and oxygen atoms in total. The fraction of sp³-hybridized carbons (Fsp3) is 0.692. The van der Waals surface area contributed by atoms with E-state index in [1.165, 1.54) is 11.3 Å². The number of thiazole rings is 1. The molecule has 2 rings (SSSR count). The van der Waals surface area contributed by atoms with Crippen molar-refractivity contribution in [3.8, 4) is 0 Å². The SMILES string of the molecule is CCN(C)c1nc(N)c(C(=O)N2CCOCC2(C)C)s1. The average Bonchev–Trinajstić information content (AvgIpc) is 2.78. The van der Waals surface area contributed by atoms with Gasteiger partial charge < -0.3 is 20.3 Å². The molecular weight excluding hydrogens is 276 g/mol. The van der Waals surface area contributed by atoms with E-state index in [4.69, 9.17) is 10.5 Å². The lowest BCUT2D eigenvalue weighted by Crippen LogP contribution is -2.55. The van der Waals surface area contributed by atoms with Crippen molar-refractivity contribution in [1.29, 1.82) is 0 Å². The Hall–Kier alpha value is -1.34. The summed E-state index contributed by atoms with van der Waals surface area (Å²) in [5.74, 6) is 0.265. The first kappa shape index (κ1) is 15.1. The third kappa shape index (κ3) is 2.73. The van der Waals surface area contributed by atoms with Crippen LogP contribution in [0.1, 0.15) is 30.4 Å². The number of morpholine rings is 1. The van der Waals surface area contributed by atoms with Gasteiger partial charge in [0.1, 0.15) is 10.7 Å². The summed E-state index contributed by atoms with van der Waals surface area (Å²) in [6.45, 7) is 8.55. The molecule has 1 aromatic heterocycles. The summed E-state index contributed by atoms with van der Waals surface area (Å²) in [6, 6.07) is 0. The number of rotatable bonds is 3. The Labute approximate surface area is 123 Å². The number of nitrogens with zero attached hydrogens (tertiary/aromatic N) is 3. The van der Waals surface area contributed by atoms with Crippen LogP contribution in [0.3, 0.4) is 0 Å². The zero-order valence-corrected chi connectivity index (χ0v) is 13.3. The number of carbonyl (C=O) groups is 1. The molecule has 20 heavy (non-hydrogen) atoms. The number of hydrogen-bond acceptors (Lipinski definition) is 6. The van der Waals surface area contributed by atoms with Gasteiger partial charge in [0, 0.05) is 20.1 Å². The van der Waals surface area contributed by atoms with Crippen LogP contribution in [0.5, 0.6) is 0 Å². The van der Waals surface area contributed by atoms with Crippen LogP contribution in [0.25, 0.3) is 0 Å². The maximum atomic E-state index is 12.7. The van der Waals surface area contributed by atoms with Crippen molar-refractivity contribution in [2.75, 3.05) is 44.0 Å². The summed E-state index contributed by atoms with van der Waals surface area (Å²) in [5, 5.41) is 0.777. The average molecular weight is 298 g/mol. The second-order valence-corrected chi connectivity index (χ2v) is 6.52. The Bertz CT molecular complexity index is 501. The maximum Gasteiger partial charge on any atom is 0.268 e. The van der Waals surface area contributed by atoms with Crippen molar-refractivity contribution < 1.29 is 9.53 Å². The number of aromatic nitrogens is 1. The number of carbonyl (C=O) groups excluding carboxylic acids is 1. The summed E-state index contributed by atoms with van der Waals surface area (Å²) in [7, 11) is 1.94. The van der Waals surface area contributed by atoms with Gasteiger partial charge in [-0.1, -0.05) is 11.3 Å². The zero-order chi connectivity index (χ0) is 14.9. The van der Waals surface area contributed by atoms with E-state index in [-0.39, 0.29) is 11.4 Å². The molecular formula is C13H22N4O2S. The summed E-state index contributed by atoms with van der Waals surface area (Å²) in [5.41, 5.74) is 5.61. The van der Waals surface area contributed by atoms with Gasteiger partial charge in [0.05, 0.1) is 18.8 Å². The number of ether oxygens (including phenoxy) is 1. The van der Waals surface area contributed by atoms with Crippen LogP contribution in [0.2, 0.25) is 0 Å². The van der Waals surface area contributed by atoms with Gasteiger partial charge in [0.25, 0.3) is 5.91 Å². The second-order valence-electron chi connectivity index (χ2n) is 5.55. The standard InChI is InChI=1S/C13H22N4O2S/c1-5-16(4)12-15-10(14)9(20-12)11(18)17-6-7-19-8-13(17,2)3/h5-8,14H2,1-4H3. The summed E-state index contributed by atoms with van der Waals surface area (Å²) in [4.78, 5) is 21.3. The Morgan fingerprint density at radius 2 is 2.30 bits per heavy atom. The lowest BCUT2D eigenvalue weighted by molar-refractivity contribution is -0.0368. The molecule has 2 N–H and O–H groups in total. The van der Waals surface area contributed by atoms with Gasteiger partial charge in [-0.05, 0) is 20.8 Å². The fourth-order valence-corrected chi connectivity index (χ4v) is 3.09. The molecule has 1 fully saturated rings. The molecule has 0 radical (unpaired) electrons. The van der Waals surface area contributed by atoms with E-state index < -0.39 is 0 Å². The minimum Gasteiger partial charge on any atom is -0.382 e. The molecule has 0 aromatic carbocycles. The van der Waals surface area contributed by atoms with Crippen molar-refractivity contribution in [3.05, 3.63) is 4.88 Å². The molecule has 1 saturated heterocycles. The normalized spacial score (nSPS) is 18.1. The molecule has 112 valence electrons. The highest BCUT2D eigenvalue weighted by atomic mass is 32.1. The topological polar surface area (TPSA) is 71.7 Å². The third-order valence-electron chi connectivity index (χ3n) is 3.53. The highest BCUT2D eigenvalue weighted by Crippen LogP contribution is 2.31. The maximum absolute atomic E-state index is 12.7. The third-order valence-corrected chi connectivity index (χ3v) is 4.70. The molecule has 1 aromatic rings. The van der Waals surface area contributed by atoms with Crippen molar-refractivity contribution in [1.82, 2.24) is 9.88 Å². The minimum atomic E-state index is -0.317. The Morgan fingerprint density at radius 3 is 2.90 bits per heavy atom. The first-order valence-corrected chi connectivity index (χ1v) is 7.55. The summed E-state index contributed by atoms with van der Waals surface area (Å²) in [6.07, 6.45) is 0. The molecule has 2 heterocycles. The van der Waals surface area contributed by atoms with Gasteiger partial charge in [0.15, 0.2) is 5.13 Å². The largest absolute Gasteiger partial charge is 0.382 e. The van der Waals surface area contributed by atoms with Gasteiger partial charge in [-0.15, -0.1) is 0 Å². The second kappa shape index (κ2) is 5.57. The molecule has 1 aliphatic rings. The monoisotopic (exact) mass is 298 g/mol. The molecule has 0 spiro atoms. The smallest absolute Gasteiger partial charge is 0.268 e. The first-order chi connectivity index (χ1) is 9.36. The highest BCUT2D eigenvalue weighted by molar-refractivity contribution is 7.18. The van der Waals surface area contributed by atoms with Crippen LogP contribution in [-0.2, 0) is 4.74 Å². The van der Waals surface area contributed by atoms with Crippen LogP contribution in [0.4, 0.5) is 10.9 Å². The van der Waals surface area contributed by atoms with E-state index in [1.54, 1.807) is 0 Å². The van der Waals surface area contributed by atoms with Crippen LogP contribution >= 0.6 is 11.3 Å². The Kier molecular flexibility index (Phi) is 4.19. The number of nitrogen functional groups attached to an aromatic ring is 1. The van der Waals surface area contributed by atoms with E-state index in [1.807, 2.05) is 37.6 Å². The number of nitrogens with two attached hydrogens (primary N) is 1. The fourth-order valence-electron chi connectivity index (χ4n) is 2.13. The van der Waals surface area contributed by atoms with E-state index in [2.05, 4.69) is 4.98 Å². The first-order valence-electron chi connectivity index (χ1n) is 6.74. The molecule has 0 saturated carbocycles. The van der Waals surface area contributed by atoms with Crippen molar-refractivity contribution in [2.24, 2.45) is 0 Å². The van der Waals surface area contributed by atoms with Crippen LogP contribution < -0.4 is 10.6 Å². The van der Waals surface area contributed by atoms with E-state index >= 15 is 0 Å². The van der Waals surface area contributed by atoms with E-state index in [0.717, 1.165) is 11.7 Å². The number of hydrogen-bond donors (Lipinski definition) is 1. The van der Waals surface area contributed by atoms with Crippen LogP contribution in [-0.4, -0.2) is 54.7 Å². The predicted molar refractivity (Wildman–Crippen MR) is 81.4 cm³/mol. The van der Waals surface area contributed by atoms with Crippen molar-refractivity contribution in [3.63, 3.8) is 0 Å². The van der Waals surface area contributed by atoms with E-state index in [9.17, 15) is 4.79 Å². The minimum absolute atomic E-state index is 0.0518. The lowest BCUT2D eigenvalue weighted by Gasteiger charge is -2.41. The highest BCUT2D eigenvalue weighted by Gasteiger charge is 2.36. The van der Waals surface area contributed by atoms with Gasteiger partial charge in [0.2, 0.25) is 0 Å². The number of amides is 1. The van der Waals surface area contributed by atoms with Gasteiger partial charge in [-0.3, -0.25) is 4.79 Å². The Morgan fingerprint density at radius 1 is 1.60 bits per heavy atom.